The molecule has 0 aromatic heterocycles. The third-order valence-electron chi connectivity index (χ3n) is 4.76. The Morgan fingerprint density at radius 2 is 1.83 bits per heavy atom. The fourth-order valence-corrected chi connectivity index (χ4v) is 2.85. The van der Waals surface area contributed by atoms with Crippen molar-refractivity contribution < 1.29 is 14.7 Å². The topological polar surface area (TPSA) is 57.6 Å². The first-order valence-electron chi connectivity index (χ1n) is 6.95. The average Bonchev–Trinajstić information content (AvgIpc) is 2.26. The molecule has 2 aliphatic rings. The van der Waals surface area contributed by atoms with Crippen LogP contribution in [0.25, 0.3) is 0 Å². The predicted octanol–water partition coefficient (Wildman–Crippen LogP) is 2.14. The summed E-state index contributed by atoms with van der Waals surface area (Å²) in [6.07, 6.45) is 5.03. The van der Waals surface area contributed by atoms with Crippen molar-refractivity contribution in [2.45, 2.75) is 46.0 Å². The van der Waals surface area contributed by atoms with Crippen molar-refractivity contribution in [3.05, 3.63) is 0 Å². The molecule has 0 aromatic carbocycles. The van der Waals surface area contributed by atoms with Gasteiger partial charge in [-0.1, -0.05) is 6.42 Å². The van der Waals surface area contributed by atoms with E-state index in [1.807, 2.05) is 4.90 Å². The van der Waals surface area contributed by atoms with Crippen LogP contribution in [0.15, 0.2) is 0 Å². The lowest BCUT2D eigenvalue weighted by atomic mass is 9.74. The maximum absolute atomic E-state index is 12.2. The van der Waals surface area contributed by atoms with E-state index in [-0.39, 0.29) is 17.7 Å². The quantitative estimate of drug-likeness (QED) is 0.838. The summed E-state index contributed by atoms with van der Waals surface area (Å²) in [6.45, 7) is 4.98. The van der Waals surface area contributed by atoms with Crippen molar-refractivity contribution in [2.24, 2.45) is 17.3 Å². The first-order valence-corrected chi connectivity index (χ1v) is 6.95. The Balaban J connectivity index is 1.99. The lowest BCUT2D eigenvalue weighted by Gasteiger charge is -2.41. The summed E-state index contributed by atoms with van der Waals surface area (Å²) in [5.41, 5.74) is -0.738. The van der Waals surface area contributed by atoms with Gasteiger partial charge in [-0.25, -0.2) is 0 Å². The van der Waals surface area contributed by atoms with E-state index < -0.39 is 11.4 Å². The molecule has 0 bridgehead atoms. The van der Waals surface area contributed by atoms with E-state index in [2.05, 4.69) is 0 Å². The van der Waals surface area contributed by atoms with Crippen molar-refractivity contribution in [3.63, 3.8) is 0 Å². The van der Waals surface area contributed by atoms with Gasteiger partial charge < -0.3 is 10.0 Å². The summed E-state index contributed by atoms with van der Waals surface area (Å²) in [6, 6.07) is 0. The SMILES string of the molecule is CC(C)(C(=O)O)C1CCCN(C(=O)C2CCC2)C1. The van der Waals surface area contributed by atoms with E-state index in [1.165, 1.54) is 0 Å². The second-order valence-corrected chi connectivity index (χ2v) is 6.28. The third kappa shape index (κ3) is 2.38. The van der Waals surface area contributed by atoms with E-state index in [4.69, 9.17) is 0 Å². The zero-order valence-electron chi connectivity index (χ0n) is 11.3. The van der Waals surface area contributed by atoms with Crippen molar-refractivity contribution in [1.82, 2.24) is 4.90 Å². The Kier molecular flexibility index (Phi) is 3.64. The molecular weight excluding hydrogens is 230 g/mol. The van der Waals surface area contributed by atoms with Gasteiger partial charge in [0.1, 0.15) is 0 Å². The predicted molar refractivity (Wildman–Crippen MR) is 68.1 cm³/mol. The Morgan fingerprint density at radius 1 is 1.17 bits per heavy atom. The molecule has 4 heteroatoms. The number of rotatable bonds is 3. The normalized spacial score (nSPS) is 25.7. The zero-order valence-corrected chi connectivity index (χ0v) is 11.3. The number of hydrogen-bond donors (Lipinski definition) is 1. The summed E-state index contributed by atoms with van der Waals surface area (Å²) >= 11 is 0. The molecule has 4 nitrogen and oxygen atoms in total. The highest BCUT2D eigenvalue weighted by molar-refractivity contribution is 5.80. The number of carboxylic acid groups (broad SMARTS) is 1. The molecule has 1 aliphatic heterocycles. The maximum atomic E-state index is 12.2. The van der Waals surface area contributed by atoms with Gasteiger partial charge in [-0.3, -0.25) is 9.59 Å². The van der Waals surface area contributed by atoms with E-state index >= 15 is 0 Å². The molecule has 0 radical (unpaired) electrons. The van der Waals surface area contributed by atoms with E-state index in [0.717, 1.165) is 38.6 Å². The summed E-state index contributed by atoms with van der Waals surface area (Å²) in [5, 5.41) is 9.28. The second-order valence-electron chi connectivity index (χ2n) is 6.28. The number of nitrogens with zero attached hydrogens (tertiary/aromatic N) is 1. The van der Waals surface area contributed by atoms with Crippen LogP contribution in [-0.4, -0.2) is 35.0 Å². The van der Waals surface area contributed by atoms with Crippen LogP contribution in [0, 0.1) is 17.3 Å². The van der Waals surface area contributed by atoms with Crippen molar-refractivity contribution >= 4 is 11.9 Å². The van der Waals surface area contributed by atoms with Gasteiger partial charge in [-0.15, -0.1) is 0 Å². The molecule has 0 spiro atoms. The van der Waals surface area contributed by atoms with E-state index in [0.29, 0.717) is 6.54 Å². The summed E-state index contributed by atoms with van der Waals surface area (Å²) in [5.74, 6) is -0.206. The molecule has 1 amide bonds. The zero-order chi connectivity index (χ0) is 13.3. The molecule has 1 saturated carbocycles. The van der Waals surface area contributed by atoms with Crippen LogP contribution in [0.1, 0.15) is 46.0 Å². The largest absolute Gasteiger partial charge is 0.481 e. The van der Waals surface area contributed by atoms with Crippen LogP contribution >= 0.6 is 0 Å². The van der Waals surface area contributed by atoms with Gasteiger partial charge in [-0.2, -0.15) is 0 Å². The smallest absolute Gasteiger partial charge is 0.309 e. The van der Waals surface area contributed by atoms with Crippen LogP contribution < -0.4 is 0 Å². The molecule has 1 N–H and O–H groups in total. The number of carbonyl (C=O) groups is 2. The average molecular weight is 253 g/mol. The Bertz CT molecular complexity index is 347. The highest BCUT2D eigenvalue weighted by Gasteiger charge is 2.41. The first kappa shape index (κ1) is 13.4. The summed E-state index contributed by atoms with van der Waals surface area (Å²) in [7, 11) is 0. The first-order chi connectivity index (χ1) is 8.43. The van der Waals surface area contributed by atoms with Crippen molar-refractivity contribution in [3.8, 4) is 0 Å². The van der Waals surface area contributed by atoms with Gasteiger partial charge in [0.15, 0.2) is 0 Å². The number of carbonyl (C=O) groups excluding carboxylic acids is 1. The van der Waals surface area contributed by atoms with Gasteiger partial charge in [-0.05, 0) is 45.4 Å². The minimum absolute atomic E-state index is 0.0766. The molecule has 1 unspecified atom stereocenters. The number of aliphatic carboxylic acids is 1. The van der Waals surface area contributed by atoms with Gasteiger partial charge >= 0.3 is 5.97 Å². The molecule has 2 rings (SSSR count). The van der Waals surface area contributed by atoms with Crippen LogP contribution in [0.5, 0.6) is 0 Å². The number of piperidine rings is 1. The molecule has 18 heavy (non-hydrogen) atoms. The molecule has 1 heterocycles. The Morgan fingerprint density at radius 3 is 2.33 bits per heavy atom. The van der Waals surface area contributed by atoms with Crippen LogP contribution in [0.4, 0.5) is 0 Å². The lowest BCUT2D eigenvalue weighted by Crippen LogP contribution is -2.49. The van der Waals surface area contributed by atoms with Crippen molar-refractivity contribution in [2.75, 3.05) is 13.1 Å². The molecule has 1 aliphatic carbocycles. The van der Waals surface area contributed by atoms with Crippen LogP contribution in [0.2, 0.25) is 0 Å². The fourth-order valence-electron chi connectivity index (χ4n) is 2.85. The molecule has 2 fully saturated rings. The monoisotopic (exact) mass is 253 g/mol. The van der Waals surface area contributed by atoms with Gasteiger partial charge in [0.25, 0.3) is 0 Å². The molecule has 0 aromatic rings. The molecule has 1 atom stereocenters. The van der Waals surface area contributed by atoms with E-state index in [1.54, 1.807) is 13.8 Å². The summed E-state index contributed by atoms with van der Waals surface area (Å²) < 4.78 is 0. The lowest BCUT2D eigenvalue weighted by molar-refractivity contribution is -0.154. The molecule has 1 saturated heterocycles. The van der Waals surface area contributed by atoms with Crippen LogP contribution in [0.3, 0.4) is 0 Å². The second kappa shape index (κ2) is 4.90. The minimum atomic E-state index is -0.759. The molecule has 102 valence electrons. The van der Waals surface area contributed by atoms with E-state index in [9.17, 15) is 14.7 Å². The van der Waals surface area contributed by atoms with Crippen molar-refractivity contribution in [1.29, 1.82) is 0 Å². The third-order valence-corrected chi connectivity index (χ3v) is 4.76. The van der Waals surface area contributed by atoms with Gasteiger partial charge in [0, 0.05) is 19.0 Å². The van der Waals surface area contributed by atoms with Gasteiger partial charge in [0.2, 0.25) is 5.91 Å². The van der Waals surface area contributed by atoms with Crippen LogP contribution in [-0.2, 0) is 9.59 Å². The fraction of sp³-hybridized carbons (Fsp3) is 0.857. The summed E-state index contributed by atoms with van der Waals surface area (Å²) in [4.78, 5) is 25.4. The highest BCUT2D eigenvalue weighted by Crippen LogP contribution is 2.36. The Labute approximate surface area is 108 Å². The Hall–Kier alpha value is -1.06. The number of amides is 1. The molecular formula is C14H23NO3. The number of hydrogen-bond acceptors (Lipinski definition) is 2. The highest BCUT2D eigenvalue weighted by atomic mass is 16.4. The maximum Gasteiger partial charge on any atom is 0.309 e. The van der Waals surface area contributed by atoms with Gasteiger partial charge in [0.05, 0.1) is 5.41 Å². The standard InChI is InChI=1S/C14H23NO3/c1-14(2,13(17)18)11-7-4-8-15(9-11)12(16)10-5-3-6-10/h10-11H,3-9H2,1-2H3,(H,17,18). The minimum Gasteiger partial charge on any atom is -0.481 e. The number of likely N-dealkylation sites (tertiary alicyclic amines) is 1. The number of carboxylic acids is 1.